The van der Waals surface area contributed by atoms with Crippen molar-refractivity contribution in [2.75, 3.05) is 6.54 Å². The highest BCUT2D eigenvalue weighted by Crippen LogP contribution is 2.17. The molecule has 1 aromatic heterocycles. The van der Waals surface area contributed by atoms with E-state index < -0.39 is 0 Å². The number of aromatic nitrogens is 2. The van der Waals surface area contributed by atoms with Crippen LogP contribution in [0.15, 0.2) is 40.9 Å². The van der Waals surface area contributed by atoms with E-state index in [1.54, 1.807) is 0 Å². The molecule has 0 amide bonds. The average Bonchev–Trinajstić information content (AvgIpc) is 2.48. The molecular formula is C15H18BrN3O. The van der Waals surface area contributed by atoms with Crippen molar-refractivity contribution in [3.63, 3.8) is 0 Å². The predicted molar refractivity (Wildman–Crippen MR) is 82.5 cm³/mol. The molecule has 2 aromatic rings. The Labute approximate surface area is 127 Å². The van der Waals surface area contributed by atoms with Gasteiger partial charge in [-0.2, -0.15) is 5.10 Å². The summed E-state index contributed by atoms with van der Waals surface area (Å²) >= 11 is 3.49. The van der Waals surface area contributed by atoms with Crippen LogP contribution in [0, 0.1) is 0 Å². The van der Waals surface area contributed by atoms with E-state index in [-0.39, 0.29) is 0 Å². The molecule has 0 saturated heterocycles. The van der Waals surface area contributed by atoms with Crippen LogP contribution in [0.25, 0.3) is 0 Å². The largest absolute Gasteiger partial charge is 0.472 e. The maximum Gasteiger partial charge on any atom is 0.233 e. The number of benzene rings is 1. The lowest BCUT2D eigenvalue weighted by Gasteiger charge is -2.07. The van der Waals surface area contributed by atoms with Crippen LogP contribution in [-0.2, 0) is 13.2 Å². The van der Waals surface area contributed by atoms with Gasteiger partial charge in [0.2, 0.25) is 5.88 Å². The van der Waals surface area contributed by atoms with E-state index in [1.165, 1.54) is 0 Å². The van der Waals surface area contributed by atoms with Crippen LogP contribution in [-0.4, -0.2) is 16.7 Å². The van der Waals surface area contributed by atoms with Gasteiger partial charge in [0.15, 0.2) is 0 Å². The minimum atomic E-state index is 0.476. The van der Waals surface area contributed by atoms with Gasteiger partial charge in [0, 0.05) is 22.6 Å². The Morgan fingerprint density at radius 3 is 2.70 bits per heavy atom. The fraction of sp³-hybridized carbons (Fsp3) is 0.333. The smallest absolute Gasteiger partial charge is 0.233 e. The molecule has 0 unspecified atom stereocenters. The maximum atomic E-state index is 5.63. The Bertz CT molecular complexity index is 531. The Hall–Kier alpha value is -1.46. The van der Waals surface area contributed by atoms with Crippen LogP contribution in [0.5, 0.6) is 5.88 Å². The van der Waals surface area contributed by atoms with Gasteiger partial charge in [0.05, 0.1) is 5.69 Å². The number of halogens is 1. The summed E-state index contributed by atoms with van der Waals surface area (Å²) in [5.41, 5.74) is 2.01. The first-order valence-corrected chi connectivity index (χ1v) is 7.48. The van der Waals surface area contributed by atoms with Crippen molar-refractivity contribution in [1.82, 2.24) is 15.5 Å². The molecule has 0 radical (unpaired) electrons. The lowest BCUT2D eigenvalue weighted by Crippen LogP contribution is -2.15. The number of nitrogens with one attached hydrogen (secondary N) is 1. The molecule has 1 aromatic carbocycles. The first-order valence-electron chi connectivity index (χ1n) is 6.69. The molecule has 0 aliphatic heterocycles. The van der Waals surface area contributed by atoms with Crippen LogP contribution >= 0.6 is 15.9 Å². The molecule has 0 saturated carbocycles. The summed E-state index contributed by atoms with van der Waals surface area (Å²) in [6, 6.07) is 11.8. The van der Waals surface area contributed by atoms with Crippen LogP contribution in [0.4, 0.5) is 0 Å². The van der Waals surface area contributed by atoms with Crippen molar-refractivity contribution >= 4 is 15.9 Å². The third kappa shape index (κ3) is 4.58. The molecule has 4 nitrogen and oxygen atoms in total. The number of ether oxygens (including phenoxy) is 1. The van der Waals surface area contributed by atoms with E-state index in [0.29, 0.717) is 12.5 Å². The Kier molecular flexibility index (Phi) is 5.95. The summed E-state index contributed by atoms with van der Waals surface area (Å²) in [4.78, 5) is 0. The highest BCUT2D eigenvalue weighted by Gasteiger charge is 2.02. The van der Waals surface area contributed by atoms with Crippen molar-refractivity contribution in [3.8, 4) is 5.88 Å². The summed E-state index contributed by atoms with van der Waals surface area (Å²) < 4.78 is 6.67. The summed E-state index contributed by atoms with van der Waals surface area (Å²) in [6.07, 6.45) is 1.11. The molecule has 20 heavy (non-hydrogen) atoms. The highest BCUT2D eigenvalue weighted by molar-refractivity contribution is 9.10. The standard InChI is InChI=1S/C15H18BrN3O/c1-2-9-17-10-13-7-8-15(19-18-13)20-11-12-5-3-4-6-14(12)16/h3-8,17H,2,9-11H2,1H3. The van der Waals surface area contributed by atoms with Gasteiger partial charge < -0.3 is 10.1 Å². The predicted octanol–water partition coefficient (Wildman–Crippen LogP) is 3.32. The van der Waals surface area contributed by atoms with E-state index in [2.05, 4.69) is 38.4 Å². The van der Waals surface area contributed by atoms with Gasteiger partial charge in [-0.1, -0.05) is 41.1 Å². The zero-order chi connectivity index (χ0) is 14.2. The second-order valence-corrected chi connectivity index (χ2v) is 5.27. The van der Waals surface area contributed by atoms with E-state index in [0.717, 1.165) is 35.2 Å². The van der Waals surface area contributed by atoms with Crippen LogP contribution in [0.3, 0.4) is 0 Å². The SMILES string of the molecule is CCCNCc1ccc(OCc2ccccc2Br)nn1. The zero-order valence-electron chi connectivity index (χ0n) is 11.5. The Morgan fingerprint density at radius 1 is 1.15 bits per heavy atom. The van der Waals surface area contributed by atoms with Gasteiger partial charge in [-0.15, -0.1) is 5.10 Å². The van der Waals surface area contributed by atoms with Crippen molar-refractivity contribution in [2.45, 2.75) is 26.5 Å². The molecule has 0 fully saturated rings. The van der Waals surface area contributed by atoms with Crippen LogP contribution < -0.4 is 10.1 Å². The van der Waals surface area contributed by atoms with Gasteiger partial charge in [0.1, 0.15) is 6.61 Å². The van der Waals surface area contributed by atoms with Gasteiger partial charge >= 0.3 is 0 Å². The average molecular weight is 336 g/mol. The number of hydrogen-bond donors (Lipinski definition) is 1. The molecule has 1 N–H and O–H groups in total. The van der Waals surface area contributed by atoms with Crippen LogP contribution in [0.2, 0.25) is 0 Å². The van der Waals surface area contributed by atoms with Gasteiger partial charge in [-0.05, 0) is 25.1 Å². The third-order valence-corrected chi connectivity index (χ3v) is 3.54. The first-order chi connectivity index (χ1) is 9.79. The lowest BCUT2D eigenvalue weighted by atomic mass is 10.2. The van der Waals surface area contributed by atoms with Crippen LogP contribution in [0.1, 0.15) is 24.6 Å². The summed E-state index contributed by atoms with van der Waals surface area (Å²) in [5, 5.41) is 11.5. The van der Waals surface area contributed by atoms with Crippen molar-refractivity contribution in [1.29, 1.82) is 0 Å². The topological polar surface area (TPSA) is 47.0 Å². The molecule has 106 valence electrons. The fourth-order valence-corrected chi connectivity index (χ4v) is 2.08. The second kappa shape index (κ2) is 7.97. The first kappa shape index (κ1) is 14.9. The highest BCUT2D eigenvalue weighted by atomic mass is 79.9. The molecular weight excluding hydrogens is 318 g/mol. The molecule has 0 bridgehead atoms. The number of nitrogens with zero attached hydrogens (tertiary/aromatic N) is 2. The Morgan fingerprint density at radius 2 is 2.00 bits per heavy atom. The van der Waals surface area contributed by atoms with Gasteiger partial charge in [-0.25, -0.2) is 0 Å². The van der Waals surface area contributed by atoms with Crippen molar-refractivity contribution in [2.24, 2.45) is 0 Å². The van der Waals surface area contributed by atoms with Crippen molar-refractivity contribution in [3.05, 3.63) is 52.1 Å². The van der Waals surface area contributed by atoms with E-state index in [9.17, 15) is 0 Å². The minimum absolute atomic E-state index is 0.476. The normalized spacial score (nSPS) is 10.5. The summed E-state index contributed by atoms with van der Waals surface area (Å²) in [6.45, 7) is 4.34. The van der Waals surface area contributed by atoms with E-state index in [4.69, 9.17) is 4.74 Å². The minimum Gasteiger partial charge on any atom is -0.472 e. The molecule has 0 atom stereocenters. The second-order valence-electron chi connectivity index (χ2n) is 4.42. The molecule has 0 aliphatic carbocycles. The fourth-order valence-electron chi connectivity index (χ4n) is 1.68. The van der Waals surface area contributed by atoms with Gasteiger partial charge in [0.25, 0.3) is 0 Å². The Balaban J connectivity index is 1.86. The molecule has 5 heteroatoms. The molecule has 2 rings (SSSR count). The summed E-state index contributed by atoms with van der Waals surface area (Å²) in [7, 11) is 0. The number of hydrogen-bond acceptors (Lipinski definition) is 4. The monoisotopic (exact) mass is 335 g/mol. The number of rotatable bonds is 7. The molecule has 0 aliphatic rings. The quantitative estimate of drug-likeness (QED) is 0.788. The van der Waals surface area contributed by atoms with Crippen molar-refractivity contribution < 1.29 is 4.74 Å². The van der Waals surface area contributed by atoms with E-state index in [1.807, 2.05) is 36.4 Å². The molecule has 0 spiro atoms. The third-order valence-electron chi connectivity index (χ3n) is 2.76. The van der Waals surface area contributed by atoms with E-state index >= 15 is 0 Å². The lowest BCUT2D eigenvalue weighted by molar-refractivity contribution is 0.289. The van der Waals surface area contributed by atoms with Gasteiger partial charge in [-0.3, -0.25) is 0 Å². The molecule has 1 heterocycles. The zero-order valence-corrected chi connectivity index (χ0v) is 13.1. The summed E-state index contributed by atoms with van der Waals surface area (Å²) in [5.74, 6) is 0.542. The maximum absolute atomic E-state index is 5.63.